The first-order chi connectivity index (χ1) is 19.2. The van der Waals surface area contributed by atoms with Gasteiger partial charge in [-0.1, -0.05) is 23.2 Å². The number of benzene rings is 1. The number of carbonyl (C=O) groups is 1. The summed E-state index contributed by atoms with van der Waals surface area (Å²) in [6.07, 6.45) is 6.46. The van der Waals surface area contributed by atoms with Crippen molar-refractivity contribution in [2.45, 2.75) is 31.4 Å². The second-order valence-electron chi connectivity index (χ2n) is 10.8. The highest BCUT2D eigenvalue weighted by Gasteiger charge is 2.44. The Balaban J connectivity index is 1.18. The highest BCUT2D eigenvalue weighted by molar-refractivity contribution is 6.35. The van der Waals surface area contributed by atoms with E-state index in [2.05, 4.69) is 31.0 Å². The summed E-state index contributed by atoms with van der Waals surface area (Å²) in [6.45, 7) is 5.02. The van der Waals surface area contributed by atoms with Crippen molar-refractivity contribution in [1.82, 2.24) is 30.0 Å². The van der Waals surface area contributed by atoms with Crippen molar-refractivity contribution in [3.63, 3.8) is 0 Å². The molecule has 1 amide bonds. The lowest BCUT2D eigenvalue weighted by Gasteiger charge is -2.52. The maximum atomic E-state index is 12.5. The van der Waals surface area contributed by atoms with Crippen molar-refractivity contribution in [3.05, 3.63) is 64.5 Å². The molecule has 2 saturated heterocycles. The zero-order valence-corrected chi connectivity index (χ0v) is 24.2. The van der Waals surface area contributed by atoms with Crippen molar-refractivity contribution in [1.29, 1.82) is 0 Å². The number of fused-ring (bicyclic) bond motifs is 1. The van der Waals surface area contributed by atoms with Crippen LogP contribution in [0.5, 0.6) is 5.75 Å². The van der Waals surface area contributed by atoms with Gasteiger partial charge >= 0.3 is 0 Å². The second kappa shape index (κ2) is 10.5. The molecule has 1 aromatic carbocycles. The summed E-state index contributed by atoms with van der Waals surface area (Å²) >= 11 is 12.7. The molecular formula is C29H31Cl2N7O2. The Hall–Kier alpha value is -3.40. The standard InChI is InChI=1S/C29H31Cl2N7O2/c1-18(27-22(30)14-32-15-23(27)31)40-20-5-6-24-21(12-20)28(35-34-24)19-4-7-25(33-13-19)38-10-8-29(9-11-38)17-36(2)16-26(39)37(29)3/h4-7,12-15,18H,8-11,16-17H2,1-3H3,(H,34,35)/t18-/m1/s1. The van der Waals surface area contributed by atoms with Crippen molar-refractivity contribution < 1.29 is 9.53 Å². The minimum absolute atomic E-state index is 0.0974. The fourth-order valence-electron chi connectivity index (χ4n) is 5.98. The van der Waals surface area contributed by atoms with E-state index >= 15 is 0 Å². The fourth-order valence-corrected chi connectivity index (χ4v) is 6.66. The van der Waals surface area contributed by atoms with Gasteiger partial charge in [0, 0.05) is 61.8 Å². The number of nitrogens with one attached hydrogen (secondary N) is 1. The third kappa shape index (κ3) is 4.87. The summed E-state index contributed by atoms with van der Waals surface area (Å²) < 4.78 is 6.21. The van der Waals surface area contributed by atoms with Gasteiger partial charge in [-0.05, 0) is 57.1 Å². The number of H-pyrrole nitrogens is 1. The maximum Gasteiger partial charge on any atom is 0.236 e. The Labute approximate surface area is 243 Å². The zero-order chi connectivity index (χ0) is 28.0. The normalized spacial score (nSPS) is 18.5. The van der Waals surface area contributed by atoms with Gasteiger partial charge in [-0.3, -0.25) is 19.8 Å². The van der Waals surface area contributed by atoms with Crippen molar-refractivity contribution >= 4 is 45.8 Å². The lowest BCUT2D eigenvalue weighted by Crippen LogP contribution is -2.65. The predicted molar refractivity (Wildman–Crippen MR) is 157 cm³/mol. The lowest BCUT2D eigenvalue weighted by molar-refractivity contribution is -0.144. The number of aromatic nitrogens is 4. The molecule has 40 heavy (non-hydrogen) atoms. The second-order valence-corrected chi connectivity index (χ2v) is 11.6. The van der Waals surface area contributed by atoms with Crippen molar-refractivity contribution in [3.8, 4) is 17.0 Å². The third-order valence-corrected chi connectivity index (χ3v) is 8.84. The van der Waals surface area contributed by atoms with E-state index in [0.29, 0.717) is 27.9 Å². The lowest BCUT2D eigenvalue weighted by atomic mass is 9.83. The van der Waals surface area contributed by atoms with Gasteiger partial charge in [0.15, 0.2) is 0 Å². The van der Waals surface area contributed by atoms with E-state index in [4.69, 9.17) is 32.9 Å². The van der Waals surface area contributed by atoms with E-state index in [1.54, 1.807) is 12.4 Å². The molecule has 0 radical (unpaired) electrons. The maximum absolute atomic E-state index is 12.5. The molecule has 0 bridgehead atoms. The van der Waals surface area contributed by atoms with E-state index in [9.17, 15) is 4.79 Å². The molecule has 1 atom stereocenters. The van der Waals surface area contributed by atoms with Crippen LogP contribution < -0.4 is 9.64 Å². The number of hydrogen-bond acceptors (Lipinski definition) is 7. The highest BCUT2D eigenvalue weighted by atomic mass is 35.5. The highest BCUT2D eigenvalue weighted by Crippen LogP contribution is 2.36. The number of aromatic amines is 1. The number of piperazine rings is 1. The van der Waals surface area contributed by atoms with Crippen LogP contribution in [0.3, 0.4) is 0 Å². The molecule has 2 fully saturated rings. The van der Waals surface area contributed by atoms with Gasteiger partial charge in [0.25, 0.3) is 0 Å². The Morgan fingerprint density at radius 1 is 1.05 bits per heavy atom. The first kappa shape index (κ1) is 26.8. The monoisotopic (exact) mass is 579 g/mol. The number of rotatable bonds is 5. The number of carbonyl (C=O) groups excluding carboxylic acids is 1. The van der Waals surface area contributed by atoms with Gasteiger partial charge in [-0.2, -0.15) is 5.10 Å². The molecular weight excluding hydrogens is 549 g/mol. The van der Waals surface area contributed by atoms with Crippen LogP contribution in [0, 0.1) is 0 Å². The topological polar surface area (TPSA) is 90.5 Å². The molecule has 5 heterocycles. The SMILES string of the molecule is C[C@@H](Oc1ccc2[nH]nc(-c3ccc(N4CCC5(CC4)CN(C)CC(=O)N5C)nc3)c2c1)c1c(Cl)cncc1Cl. The number of hydrogen-bond donors (Lipinski definition) is 1. The van der Waals surface area contributed by atoms with E-state index in [1.165, 1.54) is 0 Å². The minimum Gasteiger partial charge on any atom is -0.486 e. The summed E-state index contributed by atoms with van der Waals surface area (Å²) in [5, 5.41) is 9.54. The zero-order valence-electron chi connectivity index (χ0n) is 22.7. The summed E-state index contributed by atoms with van der Waals surface area (Å²) in [5.41, 5.74) is 3.21. The van der Waals surface area contributed by atoms with Crippen molar-refractivity contribution in [2.24, 2.45) is 0 Å². The van der Waals surface area contributed by atoms with Crippen LogP contribution in [0.15, 0.2) is 48.9 Å². The van der Waals surface area contributed by atoms with Crippen LogP contribution in [-0.4, -0.2) is 81.7 Å². The van der Waals surface area contributed by atoms with Crippen LogP contribution in [0.1, 0.15) is 31.4 Å². The van der Waals surface area contributed by atoms with Crippen LogP contribution in [0.25, 0.3) is 22.2 Å². The predicted octanol–water partition coefficient (Wildman–Crippen LogP) is 5.21. The quantitative estimate of drug-likeness (QED) is 0.347. The Bertz CT molecular complexity index is 1530. The third-order valence-electron chi connectivity index (χ3n) is 8.24. The number of anilines is 1. The van der Waals surface area contributed by atoms with Gasteiger partial charge in [0.1, 0.15) is 23.4 Å². The molecule has 0 aliphatic carbocycles. The molecule has 1 spiro atoms. The molecule has 0 unspecified atom stereocenters. The van der Waals surface area contributed by atoms with Gasteiger partial charge in [0.2, 0.25) is 5.91 Å². The molecule has 3 aromatic heterocycles. The van der Waals surface area contributed by atoms with Gasteiger partial charge in [0.05, 0.1) is 27.6 Å². The summed E-state index contributed by atoms with van der Waals surface area (Å²) in [6, 6.07) is 9.90. The molecule has 0 saturated carbocycles. The molecule has 208 valence electrons. The summed E-state index contributed by atoms with van der Waals surface area (Å²) in [4.78, 5) is 27.7. The Morgan fingerprint density at radius 2 is 1.80 bits per heavy atom. The molecule has 6 rings (SSSR count). The smallest absolute Gasteiger partial charge is 0.236 e. The van der Waals surface area contributed by atoms with Gasteiger partial charge in [-0.15, -0.1) is 0 Å². The minimum atomic E-state index is -0.368. The van der Waals surface area contributed by atoms with E-state index < -0.39 is 0 Å². The molecule has 4 aromatic rings. The molecule has 11 heteroatoms. The average Bonchev–Trinajstić information content (AvgIpc) is 3.35. The number of nitrogens with zero attached hydrogens (tertiary/aromatic N) is 6. The van der Waals surface area contributed by atoms with Crippen LogP contribution >= 0.6 is 23.2 Å². The fraction of sp³-hybridized carbons (Fsp3) is 0.379. The Kier molecular flexibility index (Phi) is 7.06. The molecule has 9 nitrogen and oxygen atoms in total. The van der Waals surface area contributed by atoms with Crippen molar-refractivity contribution in [2.75, 3.05) is 45.2 Å². The Morgan fingerprint density at radius 3 is 2.50 bits per heavy atom. The number of pyridine rings is 2. The molecule has 2 aliphatic rings. The molecule has 1 N–H and O–H groups in total. The number of amides is 1. The van der Waals surface area contributed by atoms with E-state index in [-0.39, 0.29) is 17.6 Å². The number of piperidine rings is 1. The number of likely N-dealkylation sites (N-methyl/N-ethyl adjacent to an activating group) is 2. The average molecular weight is 581 g/mol. The number of halogens is 2. The first-order valence-corrected chi connectivity index (χ1v) is 14.1. The summed E-state index contributed by atoms with van der Waals surface area (Å²) in [7, 11) is 3.98. The van der Waals surface area contributed by atoms with Crippen LogP contribution in [0.4, 0.5) is 5.82 Å². The molecule has 2 aliphatic heterocycles. The largest absolute Gasteiger partial charge is 0.486 e. The van der Waals surface area contributed by atoms with Gasteiger partial charge in [-0.25, -0.2) is 4.98 Å². The van der Waals surface area contributed by atoms with Gasteiger partial charge < -0.3 is 14.5 Å². The number of ether oxygens (including phenoxy) is 1. The first-order valence-electron chi connectivity index (χ1n) is 13.3. The van der Waals surface area contributed by atoms with Crippen LogP contribution in [-0.2, 0) is 4.79 Å². The van der Waals surface area contributed by atoms with Crippen LogP contribution in [0.2, 0.25) is 10.0 Å². The summed E-state index contributed by atoms with van der Waals surface area (Å²) in [5.74, 6) is 1.81. The van der Waals surface area contributed by atoms with E-state index in [0.717, 1.165) is 60.5 Å². The van der Waals surface area contributed by atoms with E-state index in [1.807, 2.05) is 56.4 Å².